The molecule has 7 heteroatoms. The summed E-state index contributed by atoms with van der Waals surface area (Å²) in [6.07, 6.45) is 1.57. The minimum absolute atomic E-state index is 0.395. The smallest absolute Gasteiger partial charge is 0.407 e. The van der Waals surface area contributed by atoms with E-state index in [9.17, 15) is 4.79 Å². The summed E-state index contributed by atoms with van der Waals surface area (Å²) in [5.41, 5.74) is 2.55. The molecular formula is C19H17Cl2N3O2. The number of aromatic nitrogens is 2. The largest absolute Gasteiger partial charge is 0.412 e. The highest BCUT2D eigenvalue weighted by Crippen LogP contribution is 2.22. The first-order valence-corrected chi connectivity index (χ1v) is 8.80. The first kappa shape index (κ1) is 18.3. The average molecular weight is 390 g/mol. The molecule has 1 N–H and O–H groups in total. The molecule has 0 aliphatic heterocycles. The lowest BCUT2D eigenvalue weighted by molar-refractivity contribution is 0.200. The summed E-state index contributed by atoms with van der Waals surface area (Å²) >= 11 is 12.0. The van der Waals surface area contributed by atoms with Crippen LogP contribution < -0.4 is 10.1 Å². The fraction of sp³-hybridized carbons (Fsp3) is 0.158. The number of para-hydroxylation sites is 1. The highest BCUT2D eigenvalue weighted by atomic mass is 35.5. The van der Waals surface area contributed by atoms with Gasteiger partial charge in [-0.05, 0) is 43.2 Å². The fourth-order valence-electron chi connectivity index (χ4n) is 2.48. The number of ether oxygens (including phenoxy) is 1. The van der Waals surface area contributed by atoms with Crippen LogP contribution in [0.2, 0.25) is 10.0 Å². The summed E-state index contributed by atoms with van der Waals surface area (Å²) < 4.78 is 7.07. The SMILES string of the molecule is Cc1c(OC(=O)NCCc2ccc(Cl)cc2Cl)cnn1-c1ccccc1. The molecule has 0 atom stereocenters. The predicted octanol–water partition coefficient (Wildman–Crippen LogP) is 4.82. The second-order valence-corrected chi connectivity index (χ2v) is 6.49. The normalized spacial score (nSPS) is 10.6. The second-order valence-electron chi connectivity index (χ2n) is 5.64. The van der Waals surface area contributed by atoms with E-state index in [0.29, 0.717) is 28.8 Å². The van der Waals surface area contributed by atoms with Crippen molar-refractivity contribution in [3.63, 3.8) is 0 Å². The Morgan fingerprint density at radius 1 is 1.19 bits per heavy atom. The molecule has 2 aromatic carbocycles. The number of hydrogen-bond acceptors (Lipinski definition) is 3. The van der Waals surface area contributed by atoms with E-state index in [-0.39, 0.29) is 0 Å². The van der Waals surface area contributed by atoms with Crippen LogP contribution >= 0.6 is 23.2 Å². The van der Waals surface area contributed by atoms with E-state index in [4.69, 9.17) is 27.9 Å². The van der Waals surface area contributed by atoms with Gasteiger partial charge in [-0.1, -0.05) is 47.5 Å². The van der Waals surface area contributed by atoms with Crippen molar-refractivity contribution in [2.75, 3.05) is 6.54 Å². The monoisotopic (exact) mass is 389 g/mol. The van der Waals surface area contributed by atoms with Crippen molar-refractivity contribution in [1.29, 1.82) is 0 Å². The molecule has 3 aromatic rings. The number of nitrogens with zero attached hydrogens (tertiary/aromatic N) is 2. The van der Waals surface area contributed by atoms with Gasteiger partial charge in [0.2, 0.25) is 0 Å². The van der Waals surface area contributed by atoms with Crippen LogP contribution in [0.15, 0.2) is 54.7 Å². The Bertz CT molecular complexity index is 910. The zero-order valence-corrected chi connectivity index (χ0v) is 15.6. The summed E-state index contributed by atoms with van der Waals surface area (Å²) in [4.78, 5) is 12.0. The Kier molecular flexibility index (Phi) is 5.81. The van der Waals surface area contributed by atoms with Crippen molar-refractivity contribution in [2.24, 2.45) is 0 Å². The summed E-state index contributed by atoms with van der Waals surface area (Å²) in [6, 6.07) is 14.9. The van der Waals surface area contributed by atoms with Crippen LogP contribution in [0, 0.1) is 6.92 Å². The molecule has 0 bridgehead atoms. The Balaban J connectivity index is 1.56. The molecular weight excluding hydrogens is 373 g/mol. The number of rotatable bonds is 5. The maximum atomic E-state index is 12.0. The Hall–Kier alpha value is -2.50. The van der Waals surface area contributed by atoms with Gasteiger partial charge in [0.15, 0.2) is 5.75 Å². The standard InChI is InChI=1S/C19H17Cl2N3O2/c1-13-18(12-23-24(13)16-5-3-2-4-6-16)26-19(25)22-10-9-14-7-8-15(20)11-17(14)21/h2-8,11-12H,9-10H2,1H3,(H,22,25). The van der Waals surface area contributed by atoms with Crippen LogP contribution in [0.5, 0.6) is 5.75 Å². The first-order chi connectivity index (χ1) is 12.5. The molecule has 0 saturated carbocycles. The van der Waals surface area contributed by atoms with Gasteiger partial charge < -0.3 is 10.1 Å². The molecule has 1 heterocycles. The van der Waals surface area contributed by atoms with Crippen molar-refractivity contribution >= 4 is 29.3 Å². The van der Waals surface area contributed by atoms with E-state index >= 15 is 0 Å². The highest BCUT2D eigenvalue weighted by Gasteiger charge is 2.13. The molecule has 0 saturated heterocycles. The maximum Gasteiger partial charge on any atom is 0.412 e. The van der Waals surface area contributed by atoms with Gasteiger partial charge in [0.1, 0.15) is 0 Å². The molecule has 0 fully saturated rings. The lowest BCUT2D eigenvalue weighted by Crippen LogP contribution is -2.28. The van der Waals surface area contributed by atoms with Gasteiger partial charge in [-0.15, -0.1) is 0 Å². The summed E-state index contributed by atoms with van der Waals surface area (Å²) in [5.74, 6) is 0.413. The molecule has 0 unspecified atom stereocenters. The van der Waals surface area contributed by atoms with E-state index in [1.165, 1.54) is 6.20 Å². The zero-order valence-electron chi connectivity index (χ0n) is 14.1. The van der Waals surface area contributed by atoms with Gasteiger partial charge in [-0.3, -0.25) is 0 Å². The summed E-state index contributed by atoms with van der Waals surface area (Å²) in [6.45, 7) is 2.24. The number of halogens is 2. The van der Waals surface area contributed by atoms with Crippen molar-refractivity contribution in [3.8, 4) is 11.4 Å². The third kappa shape index (κ3) is 4.36. The Morgan fingerprint density at radius 3 is 2.69 bits per heavy atom. The number of nitrogens with one attached hydrogen (secondary N) is 1. The number of carbonyl (C=O) groups is 1. The summed E-state index contributed by atoms with van der Waals surface area (Å²) in [7, 11) is 0. The quantitative estimate of drug-likeness (QED) is 0.680. The number of amides is 1. The molecule has 134 valence electrons. The van der Waals surface area contributed by atoms with E-state index < -0.39 is 6.09 Å². The third-order valence-electron chi connectivity index (χ3n) is 3.85. The zero-order chi connectivity index (χ0) is 18.5. The Morgan fingerprint density at radius 2 is 1.96 bits per heavy atom. The topological polar surface area (TPSA) is 56.1 Å². The number of hydrogen-bond donors (Lipinski definition) is 1. The second kappa shape index (κ2) is 8.25. The van der Waals surface area contributed by atoms with Crippen molar-refractivity contribution in [3.05, 3.63) is 76.0 Å². The number of carbonyl (C=O) groups excluding carboxylic acids is 1. The average Bonchev–Trinajstić information content (AvgIpc) is 2.98. The van der Waals surface area contributed by atoms with Gasteiger partial charge in [-0.2, -0.15) is 5.10 Å². The molecule has 0 aliphatic carbocycles. The molecule has 1 aromatic heterocycles. The fourth-order valence-corrected chi connectivity index (χ4v) is 2.99. The molecule has 0 aliphatic rings. The van der Waals surface area contributed by atoms with Gasteiger partial charge in [-0.25, -0.2) is 9.48 Å². The summed E-state index contributed by atoms with van der Waals surface area (Å²) in [5, 5.41) is 8.13. The van der Waals surface area contributed by atoms with Crippen LogP contribution in [0.3, 0.4) is 0 Å². The minimum Gasteiger partial charge on any atom is -0.407 e. The third-order valence-corrected chi connectivity index (χ3v) is 4.43. The highest BCUT2D eigenvalue weighted by molar-refractivity contribution is 6.35. The molecule has 3 rings (SSSR count). The van der Waals surface area contributed by atoms with Crippen molar-refractivity contribution < 1.29 is 9.53 Å². The molecule has 0 radical (unpaired) electrons. The van der Waals surface area contributed by atoms with Crippen molar-refractivity contribution in [1.82, 2.24) is 15.1 Å². The van der Waals surface area contributed by atoms with Gasteiger partial charge in [0.05, 0.1) is 17.6 Å². The van der Waals surface area contributed by atoms with Gasteiger partial charge >= 0.3 is 6.09 Å². The molecule has 26 heavy (non-hydrogen) atoms. The van der Waals surface area contributed by atoms with E-state index in [1.807, 2.05) is 43.3 Å². The van der Waals surface area contributed by atoms with Crippen LogP contribution in [-0.2, 0) is 6.42 Å². The maximum absolute atomic E-state index is 12.0. The van der Waals surface area contributed by atoms with Gasteiger partial charge in [0.25, 0.3) is 0 Å². The lowest BCUT2D eigenvalue weighted by atomic mass is 10.1. The van der Waals surface area contributed by atoms with Gasteiger partial charge in [0, 0.05) is 16.6 Å². The number of benzene rings is 2. The predicted molar refractivity (Wildman–Crippen MR) is 102 cm³/mol. The minimum atomic E-state index is -0.536. The first-order valence-electron chi connectivity index (χ1n) is 8.04. The molecule has 5 nitrogen and oxygen atoms in total. The van der Waals surface area contributed by atoms with E-state index in [1.54, 1.807) is 16.8 Å². The van der Waals surface area contributed by atoms with E-state index in [2.05, 4.69) is 10.4 Å². The molecule has 1 amide bonds. The van der Waals surface area contributed by atoms with Crippen LogP contribution in [0.4, 0.5) is 4.79 Å². The molecule has 0 spiro atoms. The van der Waals surface area contributed by atoms with Crippen molar-refractivity contribution in [2.45, 2.75) is 13.3 Å². The van der Waals surface area contributed by atoms with Crippen LogP contribution in [0.1, 0.15) is 11.3 Å². The lowest BCUT2D eigenvalue weighted by Gasteiger charge is -2.08. The van der Waals surface area contributed by atoms with E-state index in [0.717, 1.165) is 16.9 Å². The van der Waals surface area contributed by atoms with Crippen LogP contribution in [-0.4, -0.2) is 22.4 Å². The van der Waals surface area contributed by atoms with Crippen LogP contribution in [0.25, 0.3) is 5.69 Å². The Labute approximate surface area is 161 Å².